The van der Waals surface area contributed by atoms with E-state index in [1.54, 1.807) is 6.08 Å². The molecule has 0 aromatic heterocycles. The molecule has 2 atom stereocenters. The molecular weight excluding hydrogens is 390 g/mol. The lowest BCUT2D eigenvalue weighted by molar-refractivity contribution is -0.121. The van der Waals surface area contributed by atoms with Crippen LogP contribution in [-0.2, 0) is 9.53 Å². The van der Waals surface area contributed by atoms with E-state index >= 15 is 0 Å². The molecule has 1 aromatic rings. The van der Waals surface area contributed by atoms with Crippen molar-refractivity contribution >= 4 is 23.7 Å². The number of rotatable bonds is 5. The van der Waals surface area contributed by atoms with Gasteiger partial charge in [-0.25, -0.2) is 9.98 Å². The summed E-state index contributed by atoms with van der Waals surface area (Å²) in [6.45, 7) is 11.9. The number of nitrogens with zero attached hydrogens (tertiary/aromatic N) is 3. The van der Waals surface area contributed by atoms with Gasteiger partial charge in [0.25, 0.3) is 5.91 Å². The molecule has 0 bridgehead atoms. The Kier molecular flexibility index (Phi) is 7.69. The van der Waals surface area contributed by atoms with Gasteiger partial charge in [0.15, 0.2) is 0 Å². The van der Waals surface area contributed by atoms with Crippen molar-refractivity contribution in [3.05, 3.63) is 60.8 Å². The Morgan fingerprint density at radius 2 is 1.97 bits per heavy atom. The topological polar surface area (TPSA) is 71.3 Å². The number of hydrogen-bond acceptors (Lipinski definition) is 4. The number of hydrogen-bond donors (Lipinski definition) is 0. The van der Waals surface area contributed by atoms with Crippen LogP contribution in [-0.4, -0.2) is 54.9 Å². The van der Waals surface area contributed by atoms with E-state index in [9.17, 15) is 9.59 Å². The monoisotopic (exact) mass is 421 g/mol. The number of amides is 1. The Morgan fingerprint density at radius 1 is 1.23 bits per heavy atom. The summed E-state index contributed by atoms with van der Waals surface area (Å²) in [4.78, 5) is 35.5. The highest BCUT2D eigenvalue weighted by atomic mass is 16.5. The van der Waals surface area contributed by atoms with Crippen LogP contribution in [0.25, 0.3) is 0 Å². The number of benzene rings is 1. The number of aliphatic imine (C=N–C) groups is 2. The van der Waals surface area contributed by atoms with Crippen molar-refractivity contribution in [2.75, 3.05) is 26.3 Å². The molecule has 164 valence electrons. The van der Waals surface area contributed by atoms with Crippen LogP contribution >= 0.6 is 0 Å². The van der Waals surface area contributed by atoms with Crippen LogP contribution in [0.15, 0.2) is 59.7 Å². The number of allylic oxidation sites excluding steroid dienone is 1. The summed E-state index contributed by atoms with van der Waals surface area (Å²) in [7, 11) is 0. The third-order valence-electron chi connectivity index (χ3n) is 6.50. The zero-order valence-electron chi connectivity index (χ0n) is 18.3. The van der Waals surface area contributed by atoms with Gasteiger partial charge in [-0.1, -0.05) is 32.2 Å². The Morgan fingerprint density at radius 3 is 2.68 bits per heavy atom. The quantitative estimate of drug-likeness (QED) is 0.531. The zero-order chi connectivity index (χ0) is 22.3. The molecular formula is C25H31N3O3. The van der Waals surface area contributed by atoms with Gasteiger partial charge >= 0.3 is 0 Å². The van der Waals surface area contributed by atoms with Crippen molar-refractivity contribution in [2.24, 2.45) is 21.3 Å². The highest BCUT2D eigenvalue weighted by Crippen LogP contribution is 2.42. The van der Waals surface area contributed by atoms with Gasteiger partial charge in [-0.3, -0.25) is 9.59 Å². The van der Waals surface area contributed by atoms with Crippen LogP contribution in [0, 0.1) is 11.3 Å². The average molecular weight is 422 g/mol. The highest BCUT2D eigenvalue weighted by Gasteiger charge is 2.42. The second-order valence-electron chi connectivity index (χ2n) is 8.36. The minimum absolute atomic E-state index is 0.0157. The third-order valence-corrected chi connectivity index (χ3v) is 6.50. The fourth-order valence-corrected chi connectivity index (χ4v) is 4.40. The molecule has 3 rings (SSSR count). The molecule has 0 saturated carbocycles. The van der Waals surface area contributed by atoms with Gasteiger partial charge in [0, 0.05) is 48.7 Å². The second-order valence-corrected chi connectivity index (χ2v) is 8.36. The first-order valence-electron chi connectivity index (χ1n) is 10.8. The molecule has 0 radical (unpaired) electrons. The van der Waals surface area contributed by atoms with Gasteiger partial charge in [0.05, 0.1) is 18.9 Å². The van der Waals surface area contributed by atoms with Gasteiger partial charge in [-0.15, -0.1) is 0 Å². The molecule has 0 aliphatic carbocycles. The summed E-state index contributed by atoms with van der Waals surface area (Å²) in [6, 6.07) is 7.39. The largest absolute Gasteiger partial charge is 0.380 e. The SMILES string of the molecule is C=C/N=C/N=C(\C=C)c1ccc(C(=O)N2CCC(C)C3(CC2)COCCC(=O)C3)cc1. The molecule has 2 fully saturated rings. The molecule has 2 unspecified atom stereocenters. The van der Waals surface area contributed by atoms with Gasteiger partial charge in [0.1, 0.15) is 12.1 Å². The summed E-state index contributed by atoms with van der Waals surface area (Å²) in [5.74, 6) is 0.623. The predicted molar refractivity (Wildman–Crippen MR) is 124 cm³/mol. The highest BCUT2D eigenvalue weighted by molar-refractivity contribution is 6.11. The Labute approximate surface area is 184 Å². The zero-order valence-corrected chi connectivity index (χ0v) is 18.3. The number of ether oxygens (including phenoxy) is 1. The lowest BCUT2D eigenvalue weighted by Crippen LogP contribution is -2.36. The normalized spacial score (nSPS) is 25.3. The minimum atomic E-state index is -0.158. The van der Waals surface area contributed by atoms with Crippen molar-refractivity contribution in [1.82, 2.24) is 4.90 Å². The predicted octanol–water partition coefficient (Wildman–Crippen LogP) is 4.07. The van der Waals surface area contributed by atoms with Crippen LogP contribution in [0.3, 0.4) is 0 Å². The summed E-state index contributed by atoms with van der Waals surface area (Å²) < 4.78 is 5.79. The summed E-state index contributed by atoms with van der Waals surface area (Å²) in [5, 5.41) is 0. The summed E-state index contributed by atoms with van der Waals surface area (Å²) in [6.07, 6.45) is 7.20. The van der Waals surface area contributed by atoms with Crippen LogP contribution in [0.4, 0.5) is 0 Å². The number of carbonyl (C=O) groups excluding carboxylic acids is 2. The second kappa shape index (κ2) is 10.4. The van der Waals surface area contributed by atoms with Crippen molar-refractivity contribution in [3.8, 4) is 0 Å². The van der Waals surface area contributed by atoms with Gasteiger partial charge in [-0.05, 0) is 37.0 Å². The van der Waals surface area contributed by atoms with Gasteiger partial charge < -0.3 is 9.64 Å². The third kappa shape index (κ3) is 5.44. The van der Waals surface area contributed by atoms with E-state index in [-0.39, 0.29) is 17.1 Å². The molecule has 1 amide bonds. The molecule has 2 saturated heterocycles. The van der Waals surface area contributed by atoms with Crippen molar-refractivity contribution in [3.63, 3.8) is 0 Å². The smallest absolute Gasteiger partial charge is 0.253 e. The maximum atomic E-state index is 13.2. The van der Waals surface area contributed by atoms with Crippen LogP contribution in [0.2, 0.25) is 0 Å². The molecule has 1 spiro atoms. The van der Waals surface area contributed by atoms with Gasteiger partial charge in [0.2, 0.25) is 0 Å². The number of carbonyl (C=O) groups is 2. The molecule has 1 aromatic carbocycles. The first-order valence-corrected chi connectivity index (χ1v) is 10.8. The molecule has 31 heavy (non-hydrogen) atoms. The minimum Gasteiger partial charge on any atom is -0.380 e. The molecule has 2 heterocycles. The Hall–Kier alpha value is -2.86. The van der Waals surface area contributed by atoms with E-state index in [4.69, 9.17) is 4.74 Å². The summed E-state index contributed by atoms with van der Waals surface area (Å²) >= 11 is 0. The van der Waals surface area contributed by atoms with E-state index in [1.807, 2.05) is 29.2 Å². The lowest BCUT2D eigenvalue weighted by atomic mass is 9.70. The van der Waals surface area contributed by atoms with Gasteiger partial charge in [-0.2, -0.15) is 0 Å². The maximum Gasteiger partial charge on any atom is 0.253 e. The fourth-order valence-electron chi connectivity index (χ4n) is 4.40. The van der Waals surface area contributed by atoms with E-state index in [0.717, 1.165) is 18.4 Å². The molecule has 0 N–H and O–H groups in total. The molecule has 6 nitrogen and oxygen atoms in total. The first kappa shape index (κ1) is 22.8. The van der Waals surface area contributed by atoms with Crippen LogP contribution in [0.5, 0.6) is 0 Å². The van der Waals surface area contributed by atoms with Crippen LogP contribution < -0.4 is 0 Å². The lowest BCUT2D eigenvalue weighted by Gasteiger charge is -2.35. The van der Waals surface area contributed by atoms with E-state index < -0.39 is 0 Å². The first-order chi connectivity index (χ1) is 15.0. The van der Waals surface area contributed by atoms with Crippen LogP contribution in [0.1, 0.15) is 48.5 Å². The standard InChI is InChI=1S/C25H31N3O3/c1-4-23(27-18-26-5-2)20-6-8-21(9-7-20)24(30)28-13-10-19(3)25(12-14-28)16-22(29)11-15-31-17-25/h4-9,18-19H,1-2,10-17H2,3H3/b26-18+,27-23+. The maximum absolute atomic E-state index is 13.2. The average Bonchev–Trinajstić information content (AvgIpc) is 3.07. The molecule has 6 heteroatoms. The Bertz CT molecular complexity index is 888. The van der Waals surface area contributed by atoms with Crippen molar-refractivity contribution in [1.29, 1.82) is 0 Å². The summed E-state index contributed by atoms with van der Waals surface area (Å²) in [5.41, 5.74) is 2.02. The number of ketones is 1. The molecule has 2 aliphatic heterocycles. The molecule has 2 aliphatic rings. The fraction of sp³-hybridized carbons (Fsp3) is 0.440. The Balaban J connectivity index is 1.72. The van der Waals surface area contributed by atoms with Crippen molar-refractivity contribution < 1.29 is 14.3 Å². The van der Waals surface area contributed by atoms with E-state index in [0.29, 0.717) is 56.3 Å². The number of likely N-dealkylation sites (tertiary alicyclic amines) is 1. The van der Waals surface area contributed by atoms with E-state index in [2.05, 4.69) is 30.1 Å². The van der Waals surface area contributed by atoms with E-state index in [1.165, 1.54) is 12.5 Å². The number of Topliss-reactive ketones (excluding diaryl/α,β-unsaturated/α-hetero) is 1. The van der Waals surface area contributed by atoms with Crippen molar-refractivity contribution in [2.45, 2.75) is 32.6 Å².